The fraction of sp³-hybridized carbons (Fsp3) is 0.200. The number of methoxy groups -OCH3 is 2. The zero-order chi connectivity index (χ0) is 24.1. The molecule has 4 aromatic rings. The van der Waals surface area contributed by atoms with Crippen molar-refractivity contribution >= 4 is 22.6 Å². The number of aryl methyl sites for hydroxylation is 1. The first-order valence-electron chi connectivity index (χ1n) is 10.7. The minimum Gasteiger partial charge on any atom is -0.497 e. The Morgan fingerprint density at radius 1 is 0.971 bits per heavy atom. The van der Waals surface area contributed by atoms with E-state index in [4.69, 9.17) is 9.47 Å². The number of pyridine rings is 1. The molecule has 0 aliphatic heterocycles. The van der Waals surface area contributed by atoms with Crippen molar-refractivity contribution in [1.29, 1.82) is 0 Å². The van der Waals surface area contributed by atoms with Gasteiger partial charge in [-0.15, -0.1) is 0 Å². The van der Waals surface area contributed by atoms with Gasteiger partial charge in [-0.1, -0.05) is 30.3 Å². The van der Waals surface area contributed by atoms with Crippen LogP contribution in [-0.4, -0.2) is 34.2 Å². The molecule has 0 spiro atoms. The maximum atomic E-state index is 13.3. The first-order valence-corrected chi connectivity index (χ1v) is 10.7. The van der Waals surface area contributed by atoms with Gasteiger partial charge in [0.2, 0.25) is 5.91 Å². The van der Waals surface area contributed by atoms with Gasteiger partial charge in [0, 0.05) is 18.8 Å². The summed E-state index contributed by atoms with van der Waals surface area (Å²) in [6, 6.07) is 17.8. The summed E-state index contributed by atoms with van der Waals surface area (Å²) in [5.41, 5.74) is 0.754. The van der Waals surface area contributed by atoms with Crippen LogP contribution in [0.1, 0.15) is 5.56 Å². The average molecular weight is 460 g/mol. The summed E-state index contributed by atoms with van der Waals surface area (Å²) in [7, 11) is 3.01. The molecular formula is C25H24N4O5. The summed E-state index contributed by atoms with van der Waals surface area (Å²) < 4.78 is 12.9. The van der Waals surface area contributed by atoms with Crippen LogP contribution in [0.15, 0.2) is 76.4 Å². The number of benzene rings is 2. The van der Waals surface area contributed by atoms with Gasteiger partial charge in [-0.05, 0) is 36.2 Å². The highest BCUT2D eigenvalue weighted by molar-refractivity contribution is 5.93. The molecule has 2 aromatic carbocycles. The van der Waals surface area contributed by atoms with Gasteiger partial charge in [0.15, 0.2) is 5.52 Å². The predicted octanol–water partition coefficient (Wildman–Crippen LogP) is 2.46. The molecule has 1 N–H and O–H groups in total. The van der Waals surface area contributed by atoms with Gasteiger partial charge in [0.25, 0.3) is 5.56 Å². The Bertz CT molecular complexity index is 1440. The largest absolute Gasteiger partial charge is 0.497 e. The second-order valence-electron chi connectivity index (χ2n) is 7.55. The number of amides is 1. The zero-order valence-corrected chi connectivity index (χ0v) is 18.9. The number of carbonyl (C=O) groups excluding carboxylic acids is 1. The van der Waals surface area contributed by atoms with Crippen molar-refractivity contribution in [3.05, 3.63) is 93.3 Å². The summed E-state index contributed by atoms with van der Waals surface area (Å²) in [6.45, 7) is -0.146. The van der Waals surface area contributed by atoms with Gasteiger partial charge >= 0.3 is 5.69 Å². The first kappa shape index (κ1) is 22.8. The van der Waals surface area contributed by atoms with Crippen LogP contribution in [-0.2, 0) is 24.3 Å². The van der Waals surface area contributed by atoms with Crippen LogP contribution in [0.5, 0.6) is 11.5 Å². The van der Waals surface area contributed by atoms with E-state index in [-0.39, 0.29) is 18.6 Å². The molecule has 0 fully saturated rings. The van der Waals surface area contributed by atoms with Crippen LogP contribution in [0.25, 0.3) is 11.0 Å². The normalized spacial score (nSPS) is 10.8. The van der Waals surface area contributed by atoms with Gasteiger partial charge in [-0.3, -0.25) is 18.7 Å². The molecule has 9 nitrogen and oxygen atoms in total. The molecule has 2 aromatic heterocycles. The van der Waals surface area contributed by atoms with E-state index in [9.17, 15) is 14.4 Å². The van der Waals surface area contributed by atoms with Crippen LogP contribution < -0.4 is 26.0 Å². The molecule has 0 saturated heterocycles. The Labute approximate surface area is 195 Å². The van der Waals surface area contributed by atoms with Crippen molar-refractivity contribution in [1.82, 2.24) is 14.1 Å². The van der Waals surface area contributed by atoms with Crippen LogP contribution in [0.4, 0.5) is 5.69 Å². The molecule has 1 amide bonds. The third kappa shape index (κ3) is 4.68. The summed E-state index contributed by atoms with van der Waals surface area (Å²) >= 11 is 0. The van der Waals surface area contributed by atoms with Crippen LogP contribution in [0.3, 0.4) is 0 Å². The molecule has 0 atom stereocenters. The number of anilines is 1. The molecule has 0 unspecified atom stereocenters. The second-order valence-corrected chi connectivity index (χ2v) is 7.55. The SMILES string of the molecule is COc1ccc(OC)c(NC(=O)Cn2c(=O)n(CCc3ccccc3)c(=O)c3ncccc32)c1. The lowest BCUT2D eigenvalue weighted by atomic mass is 10.1. The lowest BCUT2D eigenvalue weighted by molar-refractivity contribution is -0.116. The maximum Gasteiger partial charge on any atom is 0.332 e. The van der Waals surface area contributed by atoms with Gasteiger partial charge in [-0.2, -0.15) is 0 Å². The third-order valence-electron chi connectivity index (χ3n) is 5.44. The quantitative estimate of drug-likeness (QED) is 0.433. The Morgan fingerprint density at radius 3 is 2.50 bits per heavy atom. The van der Waals surface area contributed by atoms with E-state index < -0.39 is 17.2 Å². The van der Waals surface area contributed by atoms with Gasteiger partial charge < -0.3 is 14.8 Å². The first-order chi connectivity index (χ1) is 16.5. The Balaban J connectivity index is 1.69. The summed E-state index contributed by atoms with van der Waals surface area (Å²) in [4.78, 5) is 43.4. The smallest absolute Gasteiger partial charge is 0.332 e. The van der Waals surface area contributed by atoms with Crippen LogP contribution >= 0.6 is 0 Å². The minimum atomic E-state index is -0.575. The number of hydrogen-bond acceptors (Lipinski definition) is 6. The van der Waals surface area contributed by atoms with Crippen molar-refractivity contribution in [3.63, 3.8) is 0 Å². The number of hydrogen-bond donors (Lipinski definition) is 1. The van der Waals surface area contributed by atoms with E-state index >= 15 is 0 Å². The number of rotatable bonds is 8. The number of carbonyl (C=O) groups is 1. The van der Waals surface area contributed by atoms with Crippen LogP contribution in [0, 0.1) is 0 Å². The van der Waals surface area contributed by atoms with Crippen LogP contribution in [0.2, 0.25) is 0 Å². The number of ether oxygens (including phenoxy) is 2. The van der Waals surface area contributed by atoms with Gasteiger partial charge in [-0.25, -0.2) is 9.78 Å². The van der Waals surface area contributed by atoms with E-state index in [1.165, 1.54) is 25.0 Å². The fourth-order valence-electron chi connectivity index (χ4n) is 3.72. The molecule has 34 heavy (non-hydrogen) atoms. The Kier molecular flexibility index (Phi) is 6.72. The number of aromatic nitrogens is 3. The van der Waals surface area contributed by atoms with E-state index in [1.54, 1.807) is 30.3 Å². The molecule has 0 radical (unpaired) electrons. The summed E-state index contributed by atoms with van der Waals surface area (Å²) in [5.74, 6) is 0.519. The maximum absolute atomic E-state index is 13.3. The van der Waals surface area contributed by atoms with E-state index in [0.29, 0.717) is 29.1 Å². The monoisotopic (exact) mass is 460 g/mol. The highest BCUT2D eigenvalue weighted by Crippen LogP contribution is 2.28. The molecule has 4 rings (SSSR count). The molecule has 0 aliphatic rings. The molecule has 2 heterocycles. The second kappa shape index (κ2) is 10.0. The molecule has 174 valence electrons. The molecule has 0 saturated carbocycles. The molecule has 0 aliphatic carbocycles. The minimum absolute atomic E-state index is 0.127. The Morgan fingerprint density at radius 2 is 1.76 bits per heavy atom. The lowest BCUT2D eigenvalue weighted by Gasteiger charge is -2.15. The predicted molar refractivity (Wildman–Crippen MR) is 129 cm³/mol. The highest BCUT2D eigenvalue weighted by Gasteiger charge is 2.17. The fourth-order valence-corrected chi connectivity index (χ4v) is 3.72. The van der Waals surface area contributed by atoms with E-state index in [2.05, 4.69) is 10.3 Å². The van der Waals surface area contributed by atoms with Crippen molar-refractivity contribution in [2.75, 3.05) is 19.5 Å². The van der Waals surface area contributed by atoms with Gasteiger partial charge in [0.05, 0.1) is 25.4 Å². The molecule has 9 heteroatoms. The van der Waals surface area contributed by atoms with Crippen molar-refractivity contribution in [3.8, 4) is 11.5 Å². The van der Waals surface area contributed by atoms with Crippen molar-refractivity contribution < 1.29 is 14.3 Å². The lowest BCUT2D eigenvalue weighted by Crippen LogP contribution is -2.42. The topological polar surface area (TPSA) is 104 Å². The average Bonchev–Trinajstić information content (AvgIpc) is 2.87. The summed E-state index contributed by atoms with van der Waals surface area (Å²) in [5, 5.41) is 2.76. The number of fused-ring (bicyclic) bond motifs is 1. The standard InChI is InChI=1S/C25H24N4O5/c1-33-18-10-11-21(34-2)19(15-18)27-22(30)16-29-20-9-6-13-26-23(20)24(31)28(25(29)32)14-12-17-7-4-3-5-8-17/h3-11,13,15H,12,14,16H2,1-2H3,(H,27,30). The molecular weight excluding hydrogens is 436 g/mol. The Hall–Kier alpha value is -4.40. The third-order valence-corrected chi connectivity index (χ3v) is 5.44. The van der Waals surface area contributed by atoms with E-state index in [0.717, 1.165) is 10.1 Å². The summed E-state index contributed by atoms with van der Waals surface area (Å²) in [6.07, 6.45) is 1.97. The van der Waals surface area contributed by atoms with Crippen molar-refractivity contribution in [2.24, 2.45) is 0 Å². The number of nitrogens with zero attached hydrogens (tertiary/aromatic N) is 3. The van der Waals surface area contributed by atoms with Gasteiger partial charge in [0.1, 0.15) is 18.0 Å². The molecule has 0 bridgehead atoms. The van der Waals surface area contributed by atoms with E-state index in [1.807, 2.05) is 30.3 Å². The number of nitrogens with one attached hydrogen (secondary N) is 1. The zero-order valence-electron chi connectivity index (χ0n) is 18.9. The van der Waals surface area contributed by atoms with Crippen molar-refractivity contribution in [2.45, 2.75) is 19.5 Å². The highest BCUT2D eigenvalue weighted by atomic mass is 16.5.